The lowest BCUT2D eigenvalue weighted by Crippen LogP contribution is -2.43. The molecule has 1 fully saturated rings. The first-order valence-electron chi connectivity index (χ1n) is 5.72. The van der Waals surface area contributed by atoms with Gasteiger partial charge in [-0.2, -0.15) is 13.2 Å². The largest absolute Gasteiger partial charge is 0.481 e. The predicted octanol–water partition coefficient (Wildman–Crippen LogP) is 2.16. The Morgan fingerprint density at radius 1 is 1.37 bits per heavy atom. The van der Waals surface area contributed by atoms with Gasteiger partial charge in [-0.25, -0.2) is 0 Å². The highest BCUT2D eigenvalue weighted by atomic mass is 19.4. The number of carboxylic acid groups (broad SMARTS) is 1. The average Bonchev–Trinajstić information content (AvgIpc) is 2.26. The second-order valence-electron chi connectivity index (χ2n) is 4.59. The van der Waals surface area contributed by atoms with Gasteiger partial charge in [0.1, 0.15) is 5.82 Å². The Bertz CT molecular complexity index is 469. The van der Waals surface area contributed by atoms with Crippen LogP contribution in [0.3, 0.4) is 0 Å². The van der Waals surface area contributed by atoms with Crippen molar-refractivity contribution in [2.24, 2.45) is 5.41 Å². The maximum absolute atomic E-state index is 12.3. The number of halogens is 3. The summed E-state index contributed by atoms with van der Waals surface area (Å²) in [6, 6.07) is 1.95. The molecule has 0 amide bonds. The van der Waals surface area contributed by atoms with Gasteiger partial charge in [-0.1, -0.05) is 6.42 Å². The Hall–Kier alpha value is -1.86. The number of aromatic nitrogens is 2. The fraction of sp³-hybridized carbons (Fsp3) is 0.545. The van der Waals surface area contributed by atoms with Crippen LogP contribution in [0.4, 0.5) is 19.0 Å². The second kappa shape index (κ2) is 4.67. The van der Waals surface area contributed by atoms with Crippen molar-refractivity contribution in [1.82, 2.24) is 10.2 Å². The first kappa shape index (κ1) is 13.6. The number of alkyl halides is 3. The van der Waals surface area contributed by atoms with Crippen molar-refractivity contribution < 1.29 is 23.1 Å². The van der Waals surface area contributed by atoms with Crippen molar-refractivity contribution in [3.8, 4) is 0 Å². The lowest BCUT2D eigenvalue weighted by atomic mass is 9.69. The van der Waals surface area contributed by atoms with Gasteiger partial charge in [-0.15, -0.1) is 10.2 Å². The van der Waals surface area contributed by atoms with E-state index in [0.29, 0.717) is 12.8 Å². The molecular weight excluding hydrogens is 263 g/mol. The predicted molar refractivity (Wildman–Crippen MR) is 59.4 cm³/mol. The van der Waals surface area contributed by atoms with E-state index < -0.39 is 23.3 Å². The van der Waals surface area contributed by atoms with Crippen molar-refractivity contribution in [3.63, 3.8) is 0 Å². The van der Waals surface area contributed by atoms with E-state index in [9.17, 15) is 18.0 Å². The maximum atomic E-state index is 12.3. The maximum Gasteiger partial charge on any atom is 0.435 e. The van der Waals surface area contributed by atoms with Gasteiger partial charge in [0.25, 0.3) is 0 Å². The summed E-state index contributed by atoms with van der Waals surface area (Å²) in [4.78, 5) is 11.1. The molecule has 1 heterocycles. The number of hydrogen-bond acceptors (Lipinski definition) is 4. The molecule has 0 aliphatic heterocycles. The van der Waals surface area contributed by atoms with Gasteiger partial charge >= 0.3 is 12.1 Å². The lowest BCUT2D eigenvalue weighted by Gasteiger charge is -2.37. The van der Waals surface area contributed by atoms with Crippen LogP contribution in [0.25, 0.3) is 0 Å². The van der Waals surface area contributed by atoms with E-state index in [1.807, 2.05) is 0 Å². The molecule has 5 nitrogen and oxygen atoms in total. The van der Waals surface area contributed by atoms with Crippen LogP contribution in [0.5, 0.6) is 0 Å². The number of hydrogen-bond donors (Lipinski definition) is 2. The minimum Gasteiger partial charge on any atom is -0.481 e. The Morgan fingerprint density at radius 3 is 2.42 bits per heavy atom. The summed E-state index contributed by atoms with van der Waals surface area (Å²) in [6.07, 6.45) is -2.57. The zero-order valence-electron chi connectivity index (χ0n) is 9.87. The van der Waals surface area contributed by atoms with Crippen LogP contribution in [-0.2, 0) is 11.0 Å². The van der Waals surface area contributed by atoms with E-state index in [1.165, 1.54) is 0 Å². The third-order valence-electron chi connectivity index (χ3n) is 3.33. The zero-order chi connectivity index (χ0) is 14.1. The summed E-state index contributed by atoms with van der Waals surface area (Å²) in [7, 11) is 0. The second-order valence-corrected chi connectivity index (χ2v) is 4.59. The Kier molecular flexibility index (Phi) is 3.34. The molecule has 2 rings (SSSR count). The first-order valence-corrected chi connectivity index (χ1v) is 5.72. The molecule has 1 aliphatic carbocycles. The Morgan fingerprint density at radius 2 is 2.05 bits per heavy atom. The number of aliphatic carboxylic acids is 1. The van der Waals surface area contributed by atoms with E-state index in [4.69, 9.17) is 5.11 Å². The van der Waals surface area contributed by atoms with Gasteiger partial charge in [0.15, 0.2) is 5.69 Å². The summed E-state index contributed by atoms with van der Waals surface area (Å²) in [5, 5.41) is 18.3. The number of anilines is 1. The number of nitrogens with one attached hydrogen (secondary N) is 1. The van der Waals surface area contributed by atoms with Crippen molar-refractivity contribution in [2.45, 2.75) is 25.4 Å². The van der Waals surface area contributed by atoms with E-state index in [-0.39, 0.29) is 12.4 Å². The van der Waals surface area contributed by atoms with Gasteiger partial charge in [0.05, 0.1) is 5.41 Å². The van der Waals surface area contributed by atoms with Crippen LogP contribution in [-0.4, -0.2) is 27.8 Å². The molecule has 0 atom stereocenters. The van der Waals surface area contributed by atoms with Crippen LogP contribution < -0.4 is 5.32 Å². The lowest BCUT2D eigenvalue weighted by molar-refractivity contribution is -0.153. The molecular formula is C11H12F3N3O2. The molecule has 1 saturated carbocycles. The number of nitrogens with zero attached hydrogens (tertiary/aromatic N) is 2. The summed E-state index contributed by atoms with van der Waals surface area (Å²) >= 11 is 0. The molecule has 0 unspecified atom stereocenters. The van der Waals surface area contributed by atoms with E-state index in [1.54, 1.807) is 0 Å². The molecule has 0 aromatic carbocycles. The van der Waals surface area contributed by atoms with E-state index in [0.717, 1.165) is 18.6 Å². The topological polar surface area (TPSA) is 75.1 Å². The highest BCUT2D eigenvalue weighted by Gasteiger charge is 2.44. The first-order chi connectivity index (χ1) is 8.83. The van der Waals surface area contributed by atoms with Gasteiger partial charge in [0, 0.05) is 6.54 Å². The van der Waals surface area contributed by atoms with Gasteiger partial charge in [-0.05, 0) is 25.0 Å². The van der Waals surface area contributed by atoms with Crippen LogP contribution >= 0.6 is 0 Å². The smallest absolute Gasteiger partial charge is 0.435 e. The van der Waals surface area contributed by atoms with E-state index in [2.05, 4.69) is 15.5 Å². The fourth-order valence-corrected chi connectivity index (χ4v) is 1.91. The summed E-state index contributed by atoms with van der Waals surface area (Å²) in [5.41, 5.74) is -1.90. The molecule has 0 spiro atoms. The molecule has 19 heavy (non-hydrogen) atoms. The van der Waals surface area contributed by atoms with Crippen molar-refractivity contribution in [2.75, 3.05) is 11.9 Å². The van der Waals surface area contributed by atoms with Gasteiger partial charge in [-0.3, -0.25) is 4.79 Å². The van der Waals surface area contributed by atoms with Gasteiger partial charge < -0.3 is 10.4 Å². The van der Waals surface area contributed by atoms with E-state index >= 15 is 0 Å². The summed E-state index contributed by atoms with van der Waals surface area (Å²) < 4.78 is 36.8. The Balaban J connectivity index is 1.99. The third kappa shape index (κ3) is 2.77. The molecule has 0 bridgehead atoms. The number of carboxylic acids is 1. The molecule has 2 N–H and O–H groups in total. The normalized spacial score (nSPS) is 17.6. The van der Waals surface area contributed by atoms with Crippen LogP contribution in [0.1, 0.15) is 25.0 Å². The van der Waals surface area contributed by atoms with Gasteiger partial charge in [0.2, 0.25) is 0 Å². The highest BCUT2D eigenvalue weighted by molar-refractivity contribution is 5.76. The van der Waals surface area contributed by atoms with Crippen LogP contribution in [0.2, 0.25) is 0 Å². The SMILES string of the molecule is O=C(O)C1(CNc2ccc(C(F)(F)F)nn2)CCC1. The summed E-state index contributed by atoms with van der Waals surface area (Å²) in [5.74, 6) is -0.758. The average molecular weight is 275 g/mol. The minimum atomic E-state index is -4.53. The Labute approximate surface area is 106 Å². The molecule has 104 valence electrons. The molecule has 0 radical (unpaired) electrons. The standard InChI is InChI=1S/C11H12F3N3O2/c12-11(13,14)7-2-3-8(17-16-7)15-6-10(9(18)19)4-1-5-10/h2-3H,1,4-6H2,(H,15,17)(H,18,19). The quantitative estimate of drug-likeness (QED) is 0.880. The van der Waals surface area contributed by atoms with Crippen LogP contribution in [0, 0.1) is 5.41 Å². The third-order valence-corrected chi connectivity index (χ3v) is 3.33. The van der Waals surface area contributed by atoms with Crippen molar-refractivity contribution in [1.29, 1.82) is 0 Å². The van der Waals surface area contributed by atoms with Crippen molar-refractivity contribution >= 4 is 11.8 Å². The molecule has 1 aromatic heterocycles. The van der Waals surface area contributed by atoms with Crippen LogP contribution in [0.15, 0.2) is 12.1 Å². The number of carbonyl (C=O) groups is 1. The zero-order valence-corrected chi connectivity index (χ0v) is 9.87. The molecule has 8 heteroatoms. The summed E-state index contributed by atoms with van der Waals surface area (Å²) in [6.45, 7) is 0.141. The molecule has 0 saturated heterocycles. The minimum absolute atomic E-state index is 0.139. The number of rotatable bonds is 4. The monoisotopic (exact) mass is 275 g/mol. The van der Waals surface area contributed by atoms with Crippen molar-refractivity contribution in [3.05, 3.63) is 17.8 Å². The fourth-order valence-electron chi connectivity index (χ4n) is 1.91. The molecule has 1 aromatic rings. The highest BCUT2D eigenvalue weighted by Crippen LogP contribution is 2.41. The molecule has 1 aliphatic rings.